The number of benzene rings is 1. The largest absolute Gasteiger partial charge is 0.290 e. The number of para-hydroxylation sites is 1. The van der Waals surface area contributed by atoms with Gasteiger partial charge >= 0.3 is 0 Å². The van der Waals surface area contributed by atoms with Crippen molar-refractivity contribution in [3.8, 4) is 5.75 Å². The second-order valence-corrected chi connectivity index (χ2v) is 1.31. The molecule has 1 rings (SSSR count). The molecule has 0 aromatic heterocycles. The molecule has 0 bridgehead atoms. The molecule has 0 aliphatic rings. The topological polar surface area (TPSA) is 19.9 Å². The summed E-state index contributed by atoms with van der Waals surface area (Å²) in [5.74, 6) is 0.0718. The van der Waals surface area contributed by atoms with Gasteiger partial charge in [0.15, 0.2) is 5.75 Å². The highest BCUT2D eigenvalue weighted by Crippen LogP contribution is 2.04. The Morgan fingerprint density at radius 1 is 1.00 bits per heavy atom. The van der Waals surface area contributed by atoms with Crippen LogP contribution < -0.4 is 0 Å². The molecule has 0 spiro atoms. The minimum atomic E-state index is 0. The Morgan fingerprint density at radius 2 is 1.50 bits per heavy atom. The van der Waals surface area contributed by atoms with E-state index >= 15 is 0 Å². The summed E-state index contributed by atoms with van der Waals surface area (Å²) in [7, 11) is 0. The van der Waals surface area contributed by atoms with E-state index in [1.165, 1.54) is 12.1 Å². The number of rotatable bonds is 0. The highest BCUT2D eigenvalue weighted by atomic mass is 28.1. The molecule has 0 heterocycles. The van der Waals surface area contributed by atoms with Crippen molar-refractivity contribution in [2.45, 2.75) is 0 Å². The van der Waals surface area contributed by atoms with Crippen LogP contribution in [0.1, 0.15) is 0 Å². The lowest BCUT2D eigenvalue weighted by Crippen LogP contribution is -1.54. The first kappa shape index (κ1) is 7.24. The van der Waals surface area contributed by atoms with Crippen molar-refractivity contribution in [3.63, 3.8) is 0 Å². The lowest BCUT2D eigenvalue weighted by Gasteiger charge is -1.77. The van der Waals surface area contributed by atoms with E-state index in [9.17, 15) is 5.11 Å². The third-order valence-electron chi connectivity index (χ3n) is 0.743. The normalized spacial score (nSPS) is 7.50. The van der Waals surface area contributed by atoms with Crippen LogP contribution in [0.25, 0.3) is 0 Å². The van der Waals surface area contributed by atoms with E-state index in [1.807, 2.05) is 6.07 Å². The molecule has 1 aromatic rings. The lowest BCUT2D eigenvalue weighted by molar-refractivity contribution is 0.355. The number of hydrogen-bond acceptors (Lipinski definition) is 0. The van der Waals surface area contributed by atoms with Gasteiger partial charge in [-0.25, -0.2) is 0 Å². The predicted octanol–water partition coefficient (Wildman–Crippen LogP) is 1.45. The highest BCUT2D eigenvalue weighted by Gasteiger charge is 1.78. The molecule has 0 fully saturated rings. The quantitative estimate of drug-likeness (QED) is 0.463. The molecule has 0 saturated carbocycles. The van der Waals surface area contributed by atoms with E-state index in [0.717, 1.165) is 0 Å². The van der Waals surface area contributed by atoms with Crippen LogP contribution in [0.2, 0.25) is 0 Å². The molecule has 39 valence electrons. The molecule has 0 aliphatic heterocycles. The molecule has 1 nitrogen and oxygen atoms in total. The Labute approximate surface area is 53.0 Å². The third-order valence-corrected chi connectivity index (χ3v) is 0.743. The molecule has 0 N–H and O–H groups in total. The van der Waals surface area contributed by atoms with Gasteiger partial charge in [-0.15, -0.1) is 0 Å². The molecule has 0 saturated heterocycles. The average Bonchev–Trinajstić information content (AvgIpc) is 1.69. The standard InChI is InChI=1S/C6H5O.Si/c7-6-4-2-1-3-5-6;/h1-5H;. The van der Waals surface area contributed by atoms with Crippen molar-refractivity contribution in [1.82, 2.24) is 0 Å². The lowest BCUT2D eigenvalue weighted by atomic mass is 10.3. The second-order valence-electron chi connectivity index (χ2n) is 1.31. The molecule has 5 radical (unpaired) electrons. The Morgan fingerprint density at radius 3 is 1.75 bits per heavy atom. The van der Waals surface area contributed by atoms with E-state index in [2.05, 4.69) is 0 Å². The average molecular weight is 121 g/mol. The maximum absolute atomic E-state index is 10.3. The molecule has 0 atom stereocenters. The van der Waals surface area contributed by atoms with Crippen molar-refractivity contribution < 1.29 is 5.11 Å². The first-order valence-corrected chi connectivity index (χ1v) is 2.11. The van der Waals surface area contributed by atoms with Crippen LogP contribution in [0.3, 0.4) is 0 Å². The summed E-state index contributed by atoms with van der Waals surface area (Å²) in [6.45, 7) is 0. The summed E-state index contributed by atoms with van der Waals surface area (Å²) in [5.41, 5.74) is 0. The van der Waals surface area contributed by atoms with Crippen LogP contribution in [-0.2, 0) is 5.11 Å². The van der Waals surface area contributed by atoms with Crippen molar-refractivity contribution in [2.75, 3.05) is 0 Å². The van der Waals surface area contributed by atoms with Crippen molar-refractivity contribution in [1.29, 1.82) is 0 Å². The van der Waals surface area contributed by atoms with Crippen LogP contribution in [-0.4, -0.2) is 11.0 Å². The maximum atomic E-state index is 10.3. The monoisotopic (exact) mass is 121 g/mol. The van der Waals surface area contributed by atoms with Gasteiger partial charge in [0.25, 0.3) is 0 Å². The van der Waals surface area contributed by atoms with E-state index < -0.39 is 0 Å². The molecule has 0 amide bonds. The molecule has 0 unspecified atom stereocenters. The van der Waals surface area contributed by atoms with Gasteiger partial charge in [0.2, 0.25) is 0 Å². The van der Waals surface area contributed by atoms with Crippen LogP contribution in [0.4, 0.5) is 0 Å². The number of hydrogen-bond donors (Lipinski definition) is 0. The molecule has 8 heavy (non-hydrogen) atoms. The van der Waals surface area contributed by atoms with Gasteiger partial charge in [-0.2, -0.15) is 0 Å². The predicted molar refractivity (Wildman–Crippen MR) is 32.3 cm³/mol. The summed E-state index contributed by atoms with van der Waals surface area (Å²) >= 11 is 0. The summed E-state index contributed by atoms with van der Waals surface area (Å²) in [6, 6.07) is 8.33. The SMILES string of the molecule is [O]c1ccccc1.[Si]. The molecule has 2 heteroatoms. The fourth-order valence-electron chi connectivity index (χ4n) is 0.420. The third kappa shape index (κ3) is 1.79. The van der Waals surface area contributed by atoms with Crippen molar-refractivity contribution in [3.05, 3.63) is 30.3 Å². The van der Waals surface area contributed by atoms with Gasteiger partial charge in [0.1, 0.15) is 0 Å². The van der Waals surface area contributed by atoms with E-state index in [1.54, 1.807) is 12.1 Å². The Kier molecular flexibility index (Phi) is 2.95. The summed E-state index contributed by atoms with van der Waals surface area (Å²) < 4.78 is 0. The summed E-state index contributed by atoms with van der Waals surface area (Å²) in [5, 5.41) is 10.3. The molecular weight excluding hydrogens is 116 g/mol. The van der Waals surface area contributed by atoms with E-state index in [0.29, 0.717) is 0 Å². The van der Waals surface area contributed by atoms with Gasteiger partial charge in [-0.1, -0.05) is 18.2 Å². The Balaban J connectivity index is 0.000000490. The van der Waals surface area contributed by atoms with Crippen LogP contribution in [0.5, 0.6) is 5.75 Å². The highest BCUT2D eigenvalue weighted by molar-refractivity contribution is 5.75. The zero-order valence-electron chi connectivity index (χ0n) is 4.29. The zero-order chi connectivity index (χ0) is 5.11. The maximum Gasteiger partial charge on any atom is 0.178 e. The fourth-order valence-corrected chi connectivity index (χ4v) is 0.420. The molecule has 0 aliphatic carbocycles. The minimum Gasteiger partial charge on any atom is -0.290 e. The van der Waals surface area contributed by atoms with Crippen LogP contribution in [0, 0.1) is 0 Å². The smallest absolute Gasteiger partial charge is 0.178 e. The fraction of sp³-hybridized carbons (Fsp3) is 0. The summed E-state index contributed by atoms with van der Waals surface area (Å²) in [4.78, 5) is 0. The Hall–Kier alpha value is -0.763. The minimum absolute atomic E-state index is 0. The Bertz CT molecular complexity index is 138. The molecule has 1 aromatic carbocycles. The first-order valence-electron chi connectivity index (χ1n) is 2.11. The van der Waals surface area contributed by atoms with Gasteiger partial charge in [0, 0.05) is 11.0 Å². The van der Waals surface area contributed by atoms with Gasteiger partial charge < -0.3 is 0 Å². The van der Waals surface area contributed by atoms with E-state index in [-0.39, 0.29) is 16.7 Å². The van der Waals surface area contributed by atoms with Gasteiger partial charge in [-0.05, 0) is 12.1 Å². The van der Waals surface area contributed by atoms with Crippen molar-refractivity contribution in [2.24, 2.45) is 0 Å². The zero-order valence-corrected chi connectivity index (χ0v) is 5.29. The first-order chi connectivity index (χ1) is 3.39. The molecular formula is C6H5OSi. The summed E-state index contributed by atoms with van der Waals surface area (Å²) in [6.07, 6.45) is 0. The second kappa shape index (κ2) is 3.27. The van der Waals surface area contributed by atoms with Crippen molar-refractivity contribution >= 4 is 11.0 Å². The van der Waals surface area contributed by atoms with Crippen LogP contribution >= 0.6 is 0 Å². The van der Waals surface area contributed by atoms with Gasteiger partial charge in [-0.3, -0.25) is 5.11 Å². The van der Waals surface area contributed by atoms with Crippen LogP contribution in [0.15, 0.2) is 30.3 Å². The van der Waals surface area contributed by atoms with Gasteiger partial charge in [0.05, 0.1) is 0 Å². The van der Waals surface area contributed by atoms with E-state index in [4.69, 9.17) is 0 Å².